The molecular formula is C41H71N6O13P. The lowest BCUT2D eigenvalue weighted by Gasteiger charge is -2.28. The second-order valence-electron chi connectivity index (χ2n) is 16.1. The summed E-state index contributed by atoms with van der Waals surface area (Å²) in [4.78, 5) is 99.1. The normalized spacial score (nSPS) is 17.6. The number of nitrogens with zero attached hydrogens (tertiary/aromatic N) is 2. The lowest BCUT2D eigenvalue weighted by molar-refractivity contribution is -0.140. The molecule has 1 fully saturated rings. The van der Waals surface area contributed by atoms with Gasteiger partial charge < -0.3 is 45.7 Å². The highest BCUT2D eigenvalue weighted by Crippen LogP contribution is 2.46. The number of nitrogens with two attached hydrogens (primary N) is 1. The van der Waals surface area contributed by atoms with Crippen molar-refractivity contribution in [2.45, 2.75) is 142 Å². The lowest BCUT2D eigenvalue weighted by Crippen LogP contribution is -2.52. The summed E-state index contributed by atoms with van der Waals surface area (Å²) in [5.74, 6) is -6.37. The zero-order valence-corrected chi connectivity index (χ0v) is 37.5. The standard InChI is InChI=1S/C41H71N6O13P/c1-6-7-8-9-10-11-12-17-59-61(55,56)60-29(4)32(39(42)52)24-37(50)34(26-48)46-40(53)30(22-31-25-43-27-44-31)23-36(49)33(21-28(2)3)45-41(54)35-14-13-16-47(35)38(51)15-18-58-20-19-57-5/h25,27-30,32-35,48H,6-24,26H2,1-5H3,(H2,42,52)(H,43,44)(H,45,54)(H,46,53)(H,55,56)/t29-,30-,32+,33+,34+,35+/m1/s1. The molecule has 348 valence electrons. The molecule has 4 amide bonds. The molecule has 0 bridgehead atoms. The predicted octanol–water partition coefficient (Wildman–Crippen LogP) is 2.91. The van der Waals surface area contributed by atoms with Gasteiger partial charge in [0.25, 0.3) is 0 Å². The van der Waals surface area contributed by atoms with Crippen LogP contribution in [0, 0.1) is 17.8 Å². The molecule has 61 heavy (non-hydrogen) atoms. The second-order valence-corrected chi connectivity index (χ2v) is 17.5. The van der Waals surface area contributed by atoms with E-state index in [0.717, 1.165) is 38.5 Å². The van der Waals surface area contributed by atoms with Crippen molar-refractivity contribution in [2.75, 3.05) is 46.7 Å². The third-order valence-corrected chi connectivity index (χ3v) is 11.7. The maximum Gasteiger partial charge on any atom is 0.472 e. The molecule has 0 radical (unpaired) electrons. The van der Waals surface area contributed by atoms with Gasteiger partial charge in [0.2, 0.25) is 23.6 Å². The number of aliphatic hydroxyl groups is 1. The summed E-state index contributed by atoms with van der Waals surface area (Å²) in [6.45, 7) is 7.52. The van der Waals surface area contributed by atoms with E-state index in [1.165, 1.54) is 24.3 Å². The number of carbonyl (C=O) groups excluding carboxylic acids is 6. The molecule has 7 atom stereocenters. The van der Waals surface area contributed by atoms with E-state index in [0.29, 0.717) is 44.7 Å². The fraction of sp³-hybridized carbons (Fsp3) is 0.780. The average molecular weight is 887 g/mol. The van der Waals surface area contributed by atoms with Gasteiger partial charge in [0, 0.05) is 44.8 Å². The third-order valence-electron chi connectivity index (χ3n) is 10.6. The molecule has 1 aromatic heterocycles. The van der Waals surface area contributed by atoms with Gasteiger partial charge in [-0.2, -0.15) is 0 Å². The number of likely N-dealkylation sites (tertiary alicyclic amines) is 1. The molecule has 2 rings (SSSR count). The molecule has 7 N–H and O–H groups in total. The number of ether oxygens (including phenoxy) is 2. The third kappa shape index (κ3) is 20.4. The van der Waals surface area contributed by atoms with Crippen molar-refractivity contribution >= 4 is 43.0 Å². The van der Waals surface area contributed by atoms with Crippen molar-refractivity contribution in [2.24, 2.45) is 23.5 Å². The number of amides is 4. The Labute approximate surface area is 359 Å². The first-order chi connectivity index (χ1) is 29.0. The number of Topliss-reactive ketones (excluding diaryl/α,β-unsaturated/α-hetero) is 2. The number of hydrogen-bond donors (Lipinski definition) is 6. The Kier molecular flexibility index (Phi) is 25.4. The molecule has 1 aliphatic heterocycles. The first kappa shape index (κ1) is 53.6. The summed E-state index contributed by atoms with van der Waals surface area (Å²) in [5.41, 5.74) is 6.07. The largest absolute Gasteiger partial charge is 0.472 e. The van der Waals surface area contributed by atoms with Gasteiger partial charge in [-0.15, -0.1) is 0 Å². The number of imidazole rings is 1. The van der Waals surface area contributed by atoms with Gasteiger partial charge in [-0.05, 0) is 38.5 Å². The minimum Gasteiger partial charge on any atom is -0.394 e. The van der Waals surface area contributed by atoms with Crippen molar-refractivity contribution in [1.82, 2.24) is 25.5 Å². The minimum atomic E-state index is -4.64. The molecule has 1 saturated heterocycles. The fourth-order valence-electron chi connectivity index (χ4n) is 7.13. The Balaban J connectivity index is 2.12. The number of phosphoric ester groups is 1. The van der Waals surface area contributed by atoms with Crippen LogP contribution < -0.4 is 16.4 Å². The number of aliphatic hydroxyl groups excluding tert-OH is 1. The van der Waals surface area contributed by atoms with E-state index in [1.807, 2.05) is 13.8 Å². The molecular weight excluding hydrogens is 815 g/mol. The van der Waals surface area contributed by atoms with Crippen LogP contribution in [-0.2, 0) is 58.3 Å². The zero-order valence-electron chi connectivity index (χ0n) is 36.6. The number of aromatic amines is 1. The molecule has 20 heteroatoms. The fourth-order valence-corrected chi connectivity index (χ4v) is 8.12. The molecule has 0 aromatic carbocycles. The van der Waals surface area contributed by atoms with Gasteiger partial charge >= 0.3 is 7.82 Å². The van der Waals surface area contributed by atoms with Crippen LogP contribution in [0.2, 0.25) is 0 Å². The van der Waals surface area contributed by atoms with E-state index < -0.39 is 86.2 Å². The van der Waals surface area contributed by atoms with E-state index in [2.05, 4.69) is 27.5 Å². The molecule has 0 spiro atoms. The molecule has 1 aromatic rings. The maximum atomic E-state index is 14.0. The van der Waals surface area contributed by atoms with E-state index in [4.69, 9.17) is 24.3 Å². The van der Waals surface area contributed by atoms with Gasteiger partial charge in [0.15, 0.2) is 11.6 Å². The second kappa shape index (κ2) is 28.9. The van der Waals surface area contributed by atoms with Crippen LogP contribution in [0.25, 0.3) is 0 Å². The summed E-state index contributed by atoms with van der Waals surface area (Å²) in [6, 6.07) is -3.33. The topological polar surface area (TPSA) is 279 Å². The number of methoxy groups -OCH3 is 1. The minimum absolute atomic E-state index is 0.0248. The van der Waals surface area contributed by atoms with Crippen molar-refractivity contribution in [3.05, 3.63) is 18.2 Å². The number of ketones is 2. The summed E-state index contributed by atoms with van der Waals surface area (Å²) < 4.78 is 33.3. The Morgan fingerprint density at radius 1 is 0.967 bits per heavy atom. The quantitative estimate of drug-likeness (QED) is 0.0429. The van der Waals surface area contributed by atoms with Crippen molar-refractivity contribution in [3.63, 3.8) is 0 Å². The molecule has 19 nitrogen and oxygen atoms in total. The predicted molar refractivity (Wildman–Crippen MR) is 224 cm³/mol. The highest BCUT2D eigenvalue weighted by Gasteiger charge is 2.38. The number of carbonyl (C=O) groups is 6. The van der Waals surface area contributed by atoms with Crippen LogP contribution in [0.3, 0.4) is 0 Å². The van der Waals surface area contributed by atoms with Crippen LogP contribution in [0.4, 0.5) is 0 Å². The lowest BCUT2D eigenvalue weighted by atomic mass is 9.89. The number of hydrogen-bond acceptors (Lipinski definition) is 13. The molecule has 1 unspecified atom stereocenters. The molecule has 0 saturated carbocycles. The number of unbranched alkanes of at least 4 members (excludes halogenated alkanes) is 6. The zero-order chi connectivity index (χ0) is 45.4. The van der Waals surface area contributed by atoms with E-state index in [1.54, 1.807) is 7.11 Å². The van der Waals surface area contributed by atoms with Crippen LogP contribution >= 0.6 is 7.82 Å². The Hall–Kier alpha value is -3.58. The number of aromatic nitrogens is 2. The summed E-state index contributed by atoms with van der Waals surface area (Å²) in [5, 5.41) is 15.5. The summed E-state index contributed by atoms with van der Waals surface area (Å²) in [7, 11) is -3.09. The SMILES string of the molecule is CCCCCCCCCOP(=O)(O)O[C@H](C)[C@H](CC(=O)[C@H](CO)NC(=O)[C@@H](CC(=O)[C@H](CC(C)C)NC(=O)[C@@H]1CCCN1C(=O)CCOCCOC)Cc1cnc[nH]1)C(N)=O. The number of primary amides is 1. The Morgan fingerprint density at radius 2 is 1.66 bits per heavy atom. The Bertz CT molecular complexity index is 1550. The molecule has 0 aliphatic carbocycles. The van der Waals surface area contributed by atoms with E-state index in [9.17, 15) is 43.3 Å². The summed E-state index contributed by atoms with van der Waals surface area (Å²) >= 11 is 0. The van der Waals surface area contributed by atoms with Crippen molar-refractivity contribution < 1.29 is 61.9 Å². The van der Waals surface area contributed by atoms with Crippen LogP contribution in [0.5, 0.6) is 0 Å². The molecule has 1 aliphatic rings. The van der Waals surface area contributed by atoms with Crippen LogP contribution in [-0.4, -0.2) is 131 Å². The molecule has 2 heterocycles. The highest BCUT2D eigenvalue weighted by atomic mass is 31.2. The van der Waals surface area contributed by atoms with Gasteiger partial charge in [0.05, 0.1) is 69.8 Å². The smallest absolute Gasteiger partial charge is 0.394 e. The van der Waals surface area contributed by atoms with Crippen molar-refractivity contribution in [1.29, 1.82) is 0 Å². The van der Waals surface area contributed by atoms with Gasteiger partial charge in [-0.1, -0.05) is 59.3 Å². The van der Waals surface area contributed by atoms with Gasteiger partial charge in [-0.25, -0.2) is 9.55 Å². The highest BCUT2D eigenvalue weighted by molar-refractivity contribution is 7.47. The monoisotopic (exact) mass is 886 g/mol. The van der Waals surface area contributed by atoms with E-state index >= 15 is 0 Å². The van der Waals surface area contributed by atoms with E-state index in [-0.39, 0.29) is 50.7 Å². The number of nitrogens with one attached hydrogen (secondary N) is 3. The Morgan fingerprint density at radius 3 is 2.28 bits per heavy atom. The number of rotatable bonds is 34. The first-order valence-corrected chi connectivity index (χ1v) is 23.1. The van der Waals surface area contributed by atoms with Crippen LogP contribution in [0.15, 0.2) is 12.5 Å². The number of H-pyrrole nitrogens is 1. The summed E-state index contributed by atoms with van der Waals surface area (Å²) in [6.07, 6.45) is 8.54. The van der Waals surface area contributed by atoms with Crippen LogP contribution in [0.1, 0.15) is 117 Å². The van der Waals surface area contributed by atoms with Crippen molar-refractivity contribution in [3.8, 4) is 0 Å². The van der Waals surface area contributed by atoms with Gasteiger partial charge in [0.1, 0.15) is 12.1 Å². The van der Waals surface area contributed by atoms with Gasteiger partial charge in [-0.3, -0.25) is 37.8 Å². The first-order valence-electron chi connectivity index (χ1n) is 21.6. The maximum absolute atomic E-state index is 14.0. The average Bonchev–Trinajstić information content (AvgIpc) is 3.92. The number of phosphoric acid groups is 1.